The van der Waals surface area contributed by atoms with Crippen molar-refractivity contribution in [3.05, 3.63) is 59.7 Å². The van der Waals surface area contributed by atoms with Gasteiger partial charge >= 0.3 is 0 Å². The summed E-state index contributed by atoms with van der Waals surface area (Å²) in [5, 5.41) is 0. The Morgan fingerprint density at radius 3 is 1.00 bits per heavy atom. The van der Waals surface area contributed by atoms with Gasteiger partial charge in [0.1, 0.15) is 0 Å². The van der Waals surface area contributed by atoms with Crippen molar-refractivity contribution in [3.8, 4) is 0 Å². The highest BCUT2D eigenvalue weighted by molar-refractivity contribution is 5.48. The van der Waals surface area contributed by atoms with Crippen LogP contribution in [0.4, 0.5) is 11.4 Å². The molecule has 0 heterocycles. The average Bonchev–Trinajstić information content (AvgIpc) is 2.89. The average molecular weight is 495 g/mol. The van der Waals surface area contributed by atoms with Gasteiger partial charge < -0.3 is 9.80 Å². The number of hydrogen-bond donors (Lipinski definition) is 0. The Balaban J connectivity index is 0.000000369. The molecule has 2 aromatic carbocycles. The van der Waals surface area contributed by atoms with Crippen LogP contribution >= 0.6 is 0 Å². The Labute approximate surface area is 225 Å². The molecule has 0 fully saturated rings. The number of unbranched alkanes of at least 4 members (excludes halogenated alkanes) is 8. The van der Waals surface area contributed by atoms with Gasteiger partial charge in [-0.05, 0) is 63.8 Å². The van der Waals surface area contributed by atoms with Crippen LogP contribution < -0.4 is 9.80 Å². The normalized spacial score (nSPS) is 10.6. The van der Waals surface area contributed by atoms with E-state index < -0.39 is 0 Å². The number of rotatable bonds is 18. The highest BCUT2D eigenvalue weighted by atomic mass is 15.1. The van der Waals surface area contributed by atoms with Crippen LogP contribution in [0.25, 0.3) is 0 Å². The molecule has 0 atom stereocenters. The summed E-state index contributed by atoms with van der Waals surface area (Å²) in [5.41, 5.74) is 5.48. The summed E-state index contributed by atoms with van der Waals surface area (Å²) in [6.07, 6.45) is 15.9. The first-order chi connectivity index (χ1) is 17.5. The van der Waals surface area contributed by atoms with Gasteiger partial charge in [-0.15, -0.1) is 0 Å². The van der Waals surface area contributed by atoms with Crippen molar-refractivity contribution >= 4 is 11.4 Å². The fourth-order valence-electron chi connectivity index (χ4n) is 4.41. The molecule has 0 saturated carbocycles. The van der Waals surface area contributed by atoms with Crippen molar-refractivity contribution in [2.75, 3.05) is 36.0 Å². The molecule has 2 nitrogen and oxygen atoms in total. The van der Waals surface area contributed by atoms with Crippen LogP contribution in [0.3, 0.4) is 0 Å². The van der Waals surface area contributed by atoms with Crippen LogP contribution in [0.15, 0.2) is 48.5 Å². The van der Waals surface area contributed by atoms with E-state index in [1.165, 1.54) is 126 Å². The zero-order chi connectivity index (χ0) is 26.4. The molecule has 0 unspecified atom stereocenters. The molecule has 0 amide bonds. The van der Waals surface area contributed by atoms with Crippen molar-refractivity contribution in [1.82, 2.24) is 0 Å². The summed E-state index contributed by atoms with van der Waals surface area (Å²) in [4.78, 5) is 5.11. The number of aryl methyl sites for hydroxylation is 2. The predicted molar refractivity (Wildman–Crippen MR) is 165 cm³/mol. The number of nitrogens with zero attached hydrogens (tertiary/aromatic N) is 2. The summed E-state index contributed by atoms with van der Waals surface area (Å²) in [6, 6.07) is 18.0. The van der Waals surface area contributed by atoms with Gasteiger partial charge in [0.25, 0.3) is 0 Å². The highest BCUT2D eigenvalue weighted by Gasteiger charge is 2.06. The van der Waals surface area contributed by atoms with E-state index in [1.807, 2.05) is 0 Å². The largest absolute Gasteiger partial charge is 0.372 e. The van der Waals surface area contributed by atoms with Crippen molar-refractivity contribution in [1.29, 1.82) is 0 Å². The molecule has 0 aliphatic rings. The molecule has 2 rings (SSSR count). The molecule has 0 bridgehead atoms. The lowest BCUT2D eigenvalue weighted by atomic mass is 10.1. The van der Waals surface area contributed by atoms with Gasteiger partial charge in [-0.2, -0.15) is 0 Å². The lowest BCUT2D eigenvalue weighted by Gasteiger charge is -2.25. The van der Waals surface area contributed by atoms with Crippen LogP contribution in [0.2, 0.25) is 0 Å². The Hall–Kier alpha value is -1.96. The SMILES string of the molecule is CCCCCCN(CCCCCC)c1ccc(C)cc1.CCCCN(CCCC)c1ccc(C)cc1. The van der Waals surface area contributed by atoms with Crippen LogP contribution in [-0.2, 0) is 0 Å². The predicted octanol–water partition coefficient (Wildman–Crippen LogP) is 10.4. The molecule has 0 saturated heterocycles. The van der Waals surface area contributed by atoms with Gasteiger partial charge in [0.05, 0.1) is 0 Å². The molecule has 36 heavy (non-hydrogen) atoms. The van der Waals surface area contributed by atoms with Gasteiger partial charge in [-0.1, -0.05) is 114 Å². The van der Waals surface area contributed by atoms with E-state index in [-0.39, 0.29) is 0 Å². The van der Waals surface area contributed by atoms with Crippen LogP contribution in [0.1, 0.15) is 116 Å². The number of anilines is 2. The maximum atomic E-state index is 2.59. The van der Waals surface area contributed by atoms with E-state index in [9.17, 15) is 0 Å². The second-order valence-corrected chi connectivity index (χ2v) is 10.5. The van der Waals surface area contributed by atoms with Crippen molar-refractivity contribution < 1.29 is 0 Å². The zero-order valence-corrected chi connectivity index (χ0v) is 24.8. The third kappa shape index (κ3) is 14.6. The summed E-state index contributed by atoms with van der Waals surface area (Å²) in [7, 11) is 0. The van der Waals surface area contributed by atoms with Crippen molar-refractivity contribution in [2.45, 2.75) is 119 Å². The summed E-state index contributed by atoms with van der Waals surface area (Å²) >= 11 is 0. The topological polar surface area (TPSA) is 6.48 Å². The molecular weight excluding hydrogens is 436 g/mol. The molecule has 2 heteroatoms. The molecule has 0 radical (unpaired) electrons. The molecule has 0 aliphatic carbocycles. The first-order valence-electron chi connectivity index (χ1n) is 15.2. The Kier molecular flexibility index (Phi) is 18.8. The van der Waals surface area contributed by atoms with Crippen molar-refractivity contribution in [2.24, 2.45) is 0 Å². The summed E-state index contributed by atoms with van der Waals surface area (Å²) in [5.74, 6) is 0. The van der Waals surface area contributed by atoms with E-state index in [0.717, 1.165) is 0 Å². The minimum Gasteiger partial charge on any atom is -0.372 e. The molecule has 0 aromatic heterocycles. The minimum absolute atomic E-state index is 1.19. The Morgan fingerprint density at radius 1 is 0.389 bits per heavy atom. The molecule has 0 N–H and O–H groups in total. The monoisotopic (exact) mass is 494 g/mol. The van der Waals surface area contributed by atoms with Crippen LogP contribution in [0, 0.1) is 13.8 Å². The highest BCUT2D eigenvalue weighted by Crippen LogP contribution is 2.18. The standard InChI is InChI=1S/C19H33N.C15H25N/c1-4-6-8-10-16-20(17-11-9-7-5-2)19-14-12-18(3)13-15-19;1-4-6-12-16(13-7-5-2)15-10-8-14(3)9-11-15/h12-15H,4-11,16-17H2,1-3H3;8-11H,4-7,12-13H2,1-3H3. The lowest BCUT2D eigenvalue weighted by molar-refractivity contribution is 0.609. The second-order valence-electron chi connectivity index (χ2n) is 10.5. The van der Waals surface area contributed by atoms with E-state index in [4.69, 9.17) is 0 Å². The molecule has 2 aromatic rings. The van der Waals surface area contributed by atoms with Gasteiger partial charge in [0, 0.05) is 37.6 Å². The first kappa shape index (κ1) is 32.1. The Morgan fingerprint density at radius 2 is 0.694 bits per heavy atom. The van der Waals surface area contributed by atoms with Crippen LogP contribution in [0.5, 0.6) is 0 Å². The Bertz CT molecular complexity index is 715. The smallest absolute Gasteiger partial charge is 0.0366 e. The fourth-order valence-corrected chi connectivity index (χ4v) is 4.41. The van der Waals surface area contributed by atoms with E-state index in [1.54, 1.807) is 0 Å². The van der Waals surface area contributed by atoms with Gasteiger partial charge in [0.15, 0.2) is 0 Å². The van der Waals surface area contributed by atoms with Crippen LogP contribution in [-0.4, -0.2) is 26.2 Å². The van der Waals surface area contributed by atoms with Crippen molar-refractivity contribution in [3.63, 3.8) is 0 Å². The molecule has 0 spiro atoms. The molecular formula is C34H58N2. The van der Waals surface area contributed by atoms with Gasteiger partial charge in [0.2, 0.25) is 0 Å². The second kappa shape index (κ2) is 21.2. The van der Waals surface area contributed by atoms with Gasteiger partial charge in [-0.25, -0.2) is 0 Å². The minimum atomic E-state index is 1.19. The quantitative estimate of drug-likeness (QED) is 0.190. The molecule has 0 aliphatic heterocycles. The maximum absolute atomic E-state index is 2.59. The van der Waals surface area contributed by atoms with E-state index in [0.29, 0.717) is 0 Å². The summed E-state index contributed by atoms with van der Waals surface area (Å²) in [6.45, 7) is 18.2. The third-order valence-electron chi connectivity index (χ3n) is 6.92. The zero-order valence-electron chi connectivity index (χ0n) is 24.8. The summed E-state index contributed by atoms with van der Waals surface area (Å²) < 4.78 is 0. The molecule has 204 valence electrons. The lowest BCUT2D eigenvalue weighted by Crippen LogP contribution is -2.25. The fraction of sp³-hybridized carbons (Fsp3) is 0.647. The third-order valence-corrected chi connectivity index (χ3v) is 6.92. The van der Waals surface area contributed by atoms with E-state index >= 15 is 0 Å². The number of hydrogen-bond acceptors (Lipinski definition) is 2. The number of benzene rings is 2. The first-order valence-corrected chi connectivity index (χ1v) is 15.2. The maximum Gasteiger partial charge on any atom is 0.0366 e. The van der Waals surface area contributed by atoms with Gasteiger partial charge in [-0.3, -0.25) is 0 Å². The van der Waals surface area contributed by atoms with E-state index in [2.05, 4.69) is 99.9 Å².